The molecule has 1 N–H and O–H groups in total. The van der Waals surface area contributed by atoms with E-state index in [2.05, 4.69) is 13.8 Å². The Morgan fingerprint density at radius 3 is 2.29 bits per heavy atom. The number of hydrogen-bond donors (Lipinski definition) is 1. The number of carbonyl (C=O) groups is 2. The lowest BCUT2D eigenvalue weighted by Crippen LogP contribution is -2.29. The van der Waals surface area contributed by atoms with Crippen LogP contribution in [0.1, 0.15) is 36.6 Å². The summed E-state index contributed by atoms with van der Waals surface area (Å²) in [5, 5.41) is 11.3. The van der Waals surface area contributed by atoms with Gasteiger partial charge >= 0.3 is 0 Å². The molecule has 0 bridgehead atoms. The highest BCUT2D eigenvalue weighted by molar-refractivity contribution is 6.51. The van der Waals surface area contributed by atoms with Crippen molar-refractivity contribution < 1.29 is 24.2 Å². The Kier molecular flexibility index (Phi) is 6.92. The van der Waals surface area contributed by atoms with E-state index in [0.29, 0.717) is 35.3 Å². The molecule has 180 valence electrons. The number of aliphatic hydroxyl groups excluding tert-OH is 1. The van der Waals surface area contributed by atoms with Crippen LogP contribution in [-0.4, -0.2) is 30.5 Å². The number of aryl methyl sites for hydroxylation is 1. The lowest BCUT2D eigenvalue weighted by molar-refractivity contribution is -0.132. The van der Waals surface area contributed by atoms with Crippen molar-refractivity contribution >= 4 is 23.1 Å². The summed E-state index contributed by atoms with van der Waals surface area (Å²) in [5.41, 5.74) is 2.59. The number of ketones is 1. The Morgan fingerprint density at radius 2 is 1.69 bits per heavy atom. The Balaban J connectivity index is 1.82. The predicted molar refractivity (Wildman–Crippen MR) is 136 cm³/mol. The van der Waals surface area contributed by atoms with E-state index in [1.165, 1.54) is 4.90 Å². The molecule has 3 aromatic rings. The summed E-state index contributed by atoms with van der Waals surface area (Å²) in [7, 11) is 1.56. The molecule has 0 aromatic heterocycles. The van der Waals surface area contributed by atoms with Gasteiger partial charge in [0.05, 0.1) is 25.3 Å². The van der Waals surface area contributed by atoms with Crippen molar-refractivity contribution in [2.75, 3.05) is 18.6 Å². The highest BCUT2D eigenvalue weighted by Crippen LogP contribution is 2.42. The number of ether oxygens (including phenoxy) is 2. The van der Waals surface area contributed by atoms with Crippen molar-refractivity contribution in [2.24, 2.45) is 5.92 Å². The molecule has 6 heteroatoms. The van der Waals surface area contributed by atoms with Gasteiger partial charge in [0.1, 0.15) is 17.3 Å². The molecule has 1 fully saturated rings. The SMILES string of the molecule is COc1ccc(N2C(=O)C(=O)/C(=C(\O)c3ccc(OCC(C)C)c(C)c3)C2c2ccccc2)cc1. The first kappa shape index (κ1) is 24.1. The fraction of sp³-hybridized carbons (Fsp3) is 0.241. The average molecular weight is 472 g/mol. The van der Waals surface area contributed by atoms with E-state index in [1.807, 2.05) is 37.3 Å². The van der Waals surface area contributed by atoms with Crippen LogP contribution in [-0.2, 0) is 9.59 Å². The smallest absolute Gasteiger partial charge is 0.300 e. The van der Waals surface area contributed by atoms with Crippen LogP contribution >= 0.6 is 0 Å². The molecule has 1 aliphatic rings. The lowest BCUT2D eigenvalue weighted by atomic mass is 9.94. The van der Waals surface area contributed by atoms with Gasteiger partial charge in [-0.15, -0.1) is 0 Å². The standard InChI is InChI=1S/C29H29NO5/c1-18(2)17-35-24-15-10-21(16-19(24)3)27(31)25-26(20-8-6-5-7-9-20)30(29(33)28(25)32)22-11-13-23(34-4)14-12-22/h5-16,18,26,31H,17H2,1-4H3/b27-25-. The van der Waals surface area contributed by atoms with Gasteiger partial charge in [-0.05, 0) is 66.4 Å². The van der Waals surface area contributed by atoms with Gasteiger partial charge in [0.2, 0.25) is 0 Å². The van der Waals surface area contributed by atoms with Crippen LogP contribution in [0.25, 0.3) is 5.76 Å². The zero-order valence-corrected chi connectivity index (χ0v) is 20.3. The third kappa shape index (κ3) is 4.78. The third-order valence-corrected chi connectivity index (χ3v) is 5.93. The molecule has 35 heavy (non-hydrogen) atoms. The molecule has 1 atom stereocenters. The summed E-state index contributed by atoms with van der Waals surface area (Å²) in [4.78, 5) is 27.9. The van der Waals surface area contributed by atoms with Crippen molar-refractivity contribution in [1.82, 2.24) is 0 Å². The van der Waals surface area contributed by atoms with Crippen molar-refractivity contribution in [3.8, 4) is 11.5 Å². The quantitative estimate of drug-likeness (QED) is 0.273. The summed E-state index contributed by atoms with van der Waals surface area (Å²) < 4.78 is 11.1. The largest absolute Gasteiger partial charge is 0.507 e. The van der Waals surface area contributed by atoms with Crippen molar-refractivity contribution in [2.45, 2.75) is 26.8 Å². The highest BCUT2D eigenvalue weighted by Gasteiger charge is 2.46. The number of methoxy groups -OCH3 is 1. The fourth-order valence-electron chi connectivity index (χ4n) is 4.16. The monoisotopic (exact) mass is 471 g/mol. The van der Waals surface area contributed by atoms with Gasteiger partial charge in [-0.25, -0.2) is 0 Å². The average Bonchev–Trinajstić information content (AvgIpc) is 3.13. The van der Waals surface area contributed by atoms with Crippen molar-refractivity contribution in [3.05, 3.63) is 95.1 Å². The molecule has 3 aromatic carbocycles. The number of amides is 1. The number of rotatable bonds is 7. The summed E-state index contributed by atoms with van der Waals surface area (Å²) in [6.45, 7) is 6.60. The Hall–Kier alpha value is -4.06. The van der Waals surface area contributed by atoms with Crippen LogP contribution in [0.3, 0.4) is 0 Å². The molecule has 4 rings (SSSR count). The van der Waals surface area contributed by atoms with Gasteiger partial charge in [0.15, 0.2) is 0 Å². The second kappa shape index (κ2) is 10.1. The lowest BCUT2D eigenvalue weighted by Gasteiger charge is -2.25. The van der Waals surface area contributed by atoms with E-state index >= 15 is 0 Å². The van der Waals surface area contributed by atoms with Crippen LogP contribution in [0.5, 0.6) is 11.5 Å². The number of aliphatic hydroxyl groups is 1. The van der Waals surface area contributed by atoms with Gasteiger partial charge in [-0.1, -0.05) is 44.2 Å². The Labute approximate surface area is 205 Å². The number of hydrogen-bond acceptors (Lipinski definition) is 5. The molecule has 0 spiro atoms. The molecule has 1 aliphatic heterocycles. The Bertz CT molecular complexity index is 1260. The first-order chi connectivity index (χ1) is 16.8. The minimum Gasteiger partial charge on any atom is -0.507 e. The third-order valence-electron chi connectivity index (χ3n) is 5.93. The minimum absolute atomic E-state index is 0.0484. The summed E-state index contributed by atoms with van der Waals surface area (Å²) >= 11 is 0. The normalized spacial score (nSPS) is 17.2. The predicted octanol–water partition coefficient (Wildman–Crippen LogP) is 5.66. The van der Waals surface area contributed by atoms with Gasteiger partial charge in [-0.2, -0.15) is 0 Å². The molecule has 1 unspecified atom stereocenters. The van der Waals surface area contributed by atoms with E-state index in [4.69, 9.17) is 9.47 Å². The molecule has 1 saturated heterocycles. The summed E-state index contributed by atoms with van der Waals surface area (Å²) in [6, 6.07) is 20.6. The second-order valence-electron chi connectivity index (χ2n) is 8.96. The highest BCUT2D eigenvalue weighted by atomic mass is 16.5. The van der Waals surface area contributed by atoms with Gasteiger partial charge < -0.3 is 14.6 Å². The zero-order valence-electron chi connectivity index (χ0n) is 20.3. The molecule has 0 saturated carbocycles. The summed E-state index contributed by atoms with van der Waals surface area (Å²) in [5.74, 6) is 0.0866. The fourth-order valence-corrected chi connectivity index (χ4v) is 4.16. The van der Waals surface area contributed by atoms with Crippen molar-refractivity contribution in [3.63, 3.8) is 0 Å². The summed E-state index contributed by atoms with van der Waals surface area (Å²) in [6.07, 6.45) is 0. The topological polar surface area (TPSA) is 76.1 Å². The Morgan fingerprint density at radius 1 is 1.00 bits per heavy atom. The van der Waals surface area contributed by atoms with E-state index in [0.717, 1.165) is 11.1 Å². The van der Waals surface area contributed by atoms with Gasteiger partial charge in [0.25, 0.3) is 11.7 Å². The van der Waals surface area contributed by atoms with E-state index < -0.39 is 17.7 Å². The van der Waals surface area contributed by atoms with Crippen molar-refractivity contribution in [1.29, 1.82) is 0 Å². The zero-order chi connectivity index (χ0) is 25.1. The van der Waals surface area contributed by atoms with Crippen LogP contribution < -0.4 is 14.4 Å². The maximum atomic E-state index is 13.3. The van der Waals surface area contributed by atoms with E-state index in [1.54, 1.807) is 49.6 Å². The number of benzene rings is 3. The molecular weight excluding hydrogens is 442 g/mol. The first-order valence-corrected chi connectivity index (χ1v) is 11.6. The molecule has 1 amide bonds. The maximum Gasteiger partial charge on any atom is 0.300 e. The first-order valence-electron chi connectivity index (χ1n) is 11.6. The minimum atomic E-state index is -0.776. The van der Waals surface area contributed by atoms with Crippen LogP contribution in [0.15, 0.2) is 78.4 Å². The van der Waals surface area contributed by atoms with Crippen LogP contribution in [0.4, 0.5) is 5.69 Å². The number of Topliss-reactive ketones (excluding diaryl/α,β-unsaturated/α-hetero) is 1. The molecule has 0 radical (unpaired) electrons. The van der Waals surface area contributed by atoms with Gasteiger partial charge in [0, 0.05) is 11.3 Å². The maximum absolute atomic E-state index is 13.3. The number of anilines is 1. The molecule has 6 nitrogen and oxygen atoms in total. The molecule has 0 aliphatic carbocycles. The number of nitrogens with zero attached hydrogens (tertiary/aromatic N) is 1. The van der Waals surface area contributed by atoms with Gasteiger partial charge in [-0.3, -0.25) is 14.5 Å². The molecule has 1 heterocycles. The number of carbonyl (C=O) groups excluding carboxylic acids is 2. The second-order valence-corrected chi connectivity index (χ2v) is 8.96. The molecular formula is C29H29NO5. The van der Waals surface area contributed by atoms with Crippen LogP contribution in [0, 0.1) is 12.8 Å². The van der Waals surface area contributed by atoms with E-state index in [9.17, 15) is 14.7 Å². The van der Waals surface area contributed by atoms with E-state index in [-0.39, 0.29) is 11.3 Å². The van der Waals surface area contributed by atoms with Crippen LogP contribution in [0.2, 0.25) is 0 Å².